The maximum Gasteiger partial charge on any atom is 0.149 e. The van der Waals surface area contributed by atoms with Gasteiger partial charge in [-0.25, -0.2) is 0 Å². The Morgan fingerprint density at radius 2 is 1.88 bits per heavy atom. The molecule has 0 saturated heterocycles. The van der Waals surface area contributed by atoms with E-state index >= 15 is 0 Å². The van der Waals surface area contributed by atoms with Gasteiger partial charge in [0.25, 0.3) is 0 Å². The first-order valence-corrected chi connectivity index (χ1v) is 6.42. The van der Waals surface area contributed by atoms with E-state index in [2.05, 4.69) is 30.9 Å². The smallest absolute Gasteiger partial charge is 0.149 e. The third-order valence-electron chi connectivity index (χ3n) is 4.26. The van der Waals surface area contributed by atoms with Gasteiger partial charge in [-0.2, -0.15) is 0 Å². The lowest BCUT2D eigenvalue weighted by Gasteiger charge is -2.49. The molecular weight excluding hydrogens is 200 g/mol. The molecule has 2 rings (SSSR count). The molecule has 0 unspecified atom stereocenters. The van der Waals surface area contributed by atoms with E-state index in [0.717, 1.165) is 19.4 Å². The number of ketones is 1. The maximum atomic E-state index is 11.7. The van der Waals surface area contributed by atoms with Crippen LogP contribution in [-0.2, 0) is 4.79 Å². The van der Waals surface area contributed by atoms with E-state index in [1.807, 2.05) is 0 Å². The second kappa shape index (κ2) is 4.46. The first-order chi connectivity index (χ1) is 7.53. The first-order valence-electron chi connectivity index (χ1n) is 6.42. The van der Waals surface area contributed by atoms with E-state index in [9.17, 15) is 4.79 Å². The van der Waals surface area contributed by atoms with E-state index in [-0.39, 0.29) is 0 Å². The van der Waals surface area contributed by atoms with E-state index in [0.29, 0.717) is 23.8 Å². The molecule has 3 heteroatoms. The van der Waals surface area contributed by atoms with Gasteiger partial charge < -0.3 is 4.90 Å². The second-order valence-electron chi connectivity index (χ2n) is 5.89. The molecule has 2 saturated carbocycles. The van der Waals surface area contributed by atoms with Crippen molar-refractivity contribution in [3.05, 3.63) is 0 Å². The van der Waals surface area contributed by atoms with Gasteiger partial charge in [0.1, 0.15) is 5.78 Å². The molecule has 0 aromatic carbocycles. The van der Waals surface area contributed by atoms with Crippen LogP contribution in [0.4, 0.5) is 0 Å². The van der Waals surface area contributed by atoms with Crippen LogP contribution >= 0.6 is 0 Å². The summed E-state index contributed by atoms with van der Waals surface area (Å²) in [6.45, 7) is 1.69. The van der Waals surface area contributed by atoms with Crippen LogP contribution in [0, 0.1) is 5.92 Å². The van der Waals surface area contributed by atoms with Crippen molar-refractivity contribution in [2.75, 3.05) is 34.2 Å². The molecule has 16 heavy (non-hydrogen) atoms. The summed E-state index contributed by atoms with van der Waals surface area (Å²) in [5.74, 6) is 0.856. The minimum atomic E-state index is 0.346. The van der Waals surface area contributed by atoms with Gasteiger partial charge in [-0.15, -0.1) is 0 Å². The predicted molar refractivity (Wildman–Crippen MR) is 65.5 cm³/mol. The monoisotopic (exact) mass is 224 g/mol. The summed E-state index contributed by atoms with van der Waals surface area (Å²) < 4.78 is 0. The van der Waals surface area contributed by atoms with Crippen LogP contribution in [0.15, 0.2) is 0 Å². The van der Waals surface area contributed by atoms with Crippen LogP contribution < -0.4 is 0 Å². The lowest BCUT2D eigenvalue weighted by atomic mass is 9.75. The number of likely N-dealkylation sites (N-methyl/N-ethyl adjacent to an activating group) is 2. The summed E-state index contributed by atoms with van der Waals surface area (Å²) in [7, 11) is 6.41. The normalized spacial score (nSPS) is 23.6. The van der Waals surface area contributed by atoms with Gasteiger partial charge >= 0.3 is 0 Å². The van der Waals surface area contributed by atoms with Crippen LogP contribution in [-0.4, -0.2) is 55.4 Å². The fraction of sp³-hybridized carbons (Fsp3) is 0.923. The largest absolute Gasteiger partial charge is 0.302 e. The molecule has 0 spiro atoms. The van der Waals surface area contributed by atoms with Gasteiger partial charge in [-0.05, 0) is 53.2 Å². The fourth-order valence-electron chi connectivity index (χ4n) is 2.69. The number of hydrogen-bond acceptors (Lipinski definition) is 3. The average Bonchev–Trinajstić information content (AvgIpc) is 2.93. The van der Waals surface area contributed by atoms with Crippen molar-refractivity contribution in [1.29, 1.82) is 0 Å². The van der Waals surface area contributed by atoms with Crippen LogP contribution in [0.2, 0.25) is 0 Å². The molecule has 0 N–H and O–H groups in total. The zero-order valence-electron chi connectivity index (χ0n) is 10.8. The Balaban J connectivity index is 1.80. The zero-order chi connectivity index (χ0) is 11.8. The van der Waals surface area contributed by atoms with Gasteiger partial charge in [0.15, 0.2) is 0 Å². The van der Waals surface area contributed by atoms with E-state index in [1.165, 1.54) is 19.3 Å². The highest BCUT2D eigenvalue weighted by Gasteiger charge is 2.40. The lowest BCUT2D eigenvalue weighted by molar-refractivity contribution is -0.121. The summed E-state index contributed by atoms with van der Waals surface area (Å²) in [6, 6.07) is 0. The summed E-state index contributed by atoms with van der Waals surface area (Å²) in [5.41, 5.74) is 0.346. The molecule has 2 aliphatic rings. The molecule has 0 aliphatic heterocycles. The van der Waals surface area contributed by atoms with E-state index < -0.39 is 0 Å². The Morgan fingerprint density at radius 1 is 1.25 bits per heavy atom. The minimum absolute atomic E-state index is 0.346. The molecule has 3 nitrogen and oxygen atoms in total. The molecule has 0 aromatic rings. The molecule has 92 valence electrons. The Labute approximate surface area is 98.8 Å². The fourth-order valence-corrected chi connectivity index (χ4v) is 2.69. The highest BCUT2D eigenvalue weighted by Crippen LogP contribution is 2.37. The quantitative estimate of drug-likeness (QED) is 0.681. The van der Waals surface area contributed by atoms with Crippen LogP contribution in [0.5, 0.6) is 0 Å². The summed E-state index contributed by atoms with van der Waals surface area (Å²) >= 11 is 0. The lowest BCUT2D eigenvalue weighted by Crippen LogP contribution is -2.57. The Kier molecular flexibility index (Phi) is 3.36. The molecule has 0 aromatic heterocycles. The Hall–Kier alpha value is -0.410. The first kappa shape index (κ1) is 12.1. The number of Topliss-reactive ketones (excluding diaryl/α,β-unsaturated/α-hetero) is 1. The Morgan fingerprint density at radius 3 is 2.25 bits per heavy atom. The SMILES string of the molecule is CN(CC(=O)C1CC1)CC1(N(C)C)CCC1. The zero-order valence-corrected chi connectivity index (χ0v) is 10.8. The number of nitrogens with zero attached hydrogens (tertiary/aromatic N) is 2. The summed E-state index contributed by atoms with van der Waals surface area (Å²) in [6.07, 6.45) is 6.16. The molecule has 0 amide bonds. The highest BCUT2D eigenvalue weighted by molar-refractivity contribution is 5.84. The minimum Gasteiger partial charge on any atom is -0.302 e. The van der Waals surface area contributed by atoms with Gasteiger partial charge in [-0.3, -0.25) is 9.69 Å². The van der Waals surface area contributed by atoms with Crippen molar-refractivity contribution < 1.29 is 4.79 Å². The summed E-state index contributed by atoms with van der Waals surface area (Å²) in [5, 5.41) is 0. The van der Waals surface area contributed by atoms with E-state index in [1.54, 1.807) is 0 Å². The molecule has 0 atom stereocenters. The molecule has 0 radical (unpaired) electrons. The second-order valence-corrected chi connectivity index (χ2v) is 5.89. The van der Waals surface area contributed by atoms with Crippen LogP contribution in [0.25, 0.3) is 0 Å². The third kappa shape index (κ3) is 2.46. The number of rotatable bonds is 6. The third-order valence-corrected chi connectivity index (χ3v) is 4.26. The van der Waals surface area contributed by atoms with Crippen molar-refractivity contribution in [1.82, 2.24) is 9.80 Å². The van der Waals surface area contributed by atoms with Gasteiger partial charge in [0.05, 0.1) is 6.54 Å². The van der Waals surface area contributed by atoms with Crippen LogP contribution in [0.3, 0.4) is 0 Å². The summed E-state index contributed by atoms with van der Waals surface area (Å²) in [4.78, 5) is 16.3. The van der Waals surface area contributed by atoms with Crippen molar-refractivity contribution in [2.24, 2.45) is 5.92 Å². The van der Waals surface area contributed by atoms with Gasteiger partial charge in [0.2, 0.25) is 0 Å². The Bertz CT molecular complexity index is 267. The topological polar surface area (TPSA) is 23.6 Å². The molecular formula is C13H24N2O. The van der Waals surface area contributed by atoms with Crippen LogP contribution in [0.1, 0.15) is 32.1 Å². The van der Waals surface area contributed by atoms with Crippen molar-refractivity contribution in [3.63, 3.8) is 0 Å². The average molecular weight is 224 g/mol. The molecule has 0 heterocycles. The molecule has 0 bridgehead atoms. The predicted octanol–water partition coefficient (Wildman–Crippen LogP) is 1.38. The molecule has 2 fully saturated rings. The standard InChI is InChI=1S/C13H24N2O/c1-14(2)13(7-4-8-13)10-15(3)9-12(16)11-5-6-11/h11H,4-10H2,1-3H3. The number of carbonyl (C=O) groups is 1. The number of hydrogen-bond donors (Lipinski definition) is 0. The number of carbonyl (C=O) groups excluding carboxylic acids is 1. The van der Waals surface area contributed by atoms with Crippen molar-refractivity contribution in [3.8, 4) is 0 Å². The van der Waals surface area contributed by atoms with Gasteiger partial charge in [0, 0.05) is 18.0 Å². The maximum absolute atomic E-state index is 11.7. The van der Waals surface area contributed by atoms with E-state index in [4.69, 9.17) is 0 Å². The molecule has 2 aliphatic carbocycles. The van der Waals surface area contributed by atoms with Gasteiger partial charge in [-0.1, -0.05) is 0 Å². The van der Waals surface area contributed by atoms with Crippen molar-refractivity contribution >= 4 is 5.78 Å². The van der Waals surface area contributed by atoms with Crippen molar-refractivity contribution in [2.45, 2.75) is 37.6 Å². The highest BCUT2D eigenvalue weighted by atomic mass is 16.1.